The van der Waals surface area contributed by atoms with Gasteiger partial charge < -0.3 is 74.4 Å². The topological polar surface area (TPSA) is 269 Å². The van der Waals surface area contributed by atoms with Crippen LogP contribution in [0.1, 0.15) is 0 Å². The lowest BCUT2D eigenvalue weighted by Gasteiger charge is -2.43. The molecule has 42 heavy (non-hydrogen) atoms. The molecular weight excluding hydrogens is 568 g/mol. The molecule has 0 spiro atoms. The van der Waals surface area contributed by atoms with E-state index in [-0.39, 0.29) is 16.9 Å². The molecule has 0 aliphatic carbocycles. The molecular formula is C26H28O16. The largest absolute Gasteiger partial charge is 0.508 e. The van der Waals surface area contributed by atoms with Crippen LogP contribution < -0.4 is 10.2 Å². The third-order valence-electron chi connectivity index (χ3n) is 6.98. The van der Waals surface area contributed by atoms with Gasteiger partial charge in [0.05, 0.1) is 13.2 Å². The van der Waals surface area contributed by atoms with Crippen LogP contribution in [0.15, 0.2) is 39.5 Å². The van der Waals surface area contributed by atoms with Crippen LogP contribution in [0.2, 0.25) is 0 Å². The molecule has 228 valence electrons. The van der Waals surface area contributed by atoms with Crippen LogP contribution in [0.5, 0.6) is 28.7 Å². The Balaban J connectivity index is 1.44. The molecule has 2 fully saturated rings. The molecule has 16 nitrogen and oxygen atoms in total. The highest BCUT2D eigenvalue weighted by Gasteiger charge is 2.48. The van der Waals surface area contributed by atoms with Crippen molar-refractivity contribution in [3.63, 3.8) is 0 Å². The number of benzene rings is 2. The number of aromatic hydroxyl groups is 4. The van der Waals surface area contributed by atoms with E-state index < -0.39 is 108 Å². The number of aliphatic hydroxyl groups is 6. The van der Waals surface area contributed by atoms with Crippen LogP contribution >= 0.6 is 0 Å². The quantitative estimate of drug-likeness (QED) is 0.137. The summed E-state index contributed by atoms with van der Waals surface area (Å²) >= 11 is 0. The van der Waals surface area contributed by atoms with Gasteiger partial charge in [-0.15, -0.1) is 0 Å². The summed E-state index contributed by atoms with van der Waals surface area (Å²) in [4.78, 5) is 13.5. The zero-order valence-corrected chi connectivity index (χ0v) is 21.4. The molecule has 2 aromatic carbocycles. The van der Waals surface area contributed by atoms with Gasteiger partial charge in [-0.3, -0.25) is 4.79 Å². The fraction of sp³-hybridized carbons (Fsp3) is 0.423. The molecule has 0 amide bonds. The minimum absolute atomic E-state index is 0.00296. The van der Waals surface area contributed by atoms with Gasteiger partial charge in [-0.05, 0) is 18.2 Å². The lowest BCUT2D eigenvalue weighted by Crippen LogP contribution is -2.62. The molecule has 3 heterocycles. The maximum atomic E-state index is 13.5. The third kappa shape index (κ3) is 5.31. The number of ether oxygens (including phenoxy) is 4. The number of hydrogen-bond donors (Lipinski definition) is 10. The van der Waals surface area contributed by atoms with Crippen molar-refractivity contribution in [2.75, 3.05) is 13.2 Å². The number of aliphatic hydroxyl groups excluding tert-OH is 6. The van der Waals surface area contributed by atoms with Crippen LogP contribution in [0.4, 0.5) is 0 Å². The average Bonchev–Trinajstić information content (AvgIpc) is 2.95. The van der Waals surface area contributed by atoms with Crippen molar-refractivity contribution in [3.05, 3.63) is 40.6 Å². The van der Waals surface area contributed by atoms with Crippen LogP contribution in [-0.4, -0.2) is 120 Å². The standard InChI is InChI=1S/C26H28O16/c27-6-14-17(32)20(35)22(37)26(40-14)41-15-7-38-25(21(36)18(15)33)42-24-19(34)16-12(31)4-9(28)5-13(16)39-23(24)8-1-2-10(29)11(30)3-8/h1-5,14-15,17-18,20-22,25-33,35-37H,6-7H2/t14-,15+,17-,18-,20+,21-,22-,25-,26+/m0/s1. The lowest BCUT2D eigenvalue weighted by atomic mass is 9.99. The van der Waals surface area contributed by atoms with Crippen molar-refractivity contribution in [2.45, 2.75) is 55.3 Å². The Kier molecular flexibility index (Phi) is 8.17. The summed E-state index contributed by atoms with van der Waals surface area (Å²) in [5, 5.41) is 100. The predicted octanol–water partition coefficient (Wildman–Crippen LogP) is -2.08. The molecule has 1 aromatic heterocycles. The lowest BCUT2D eigenvalue weighted by molar-refractivity contribution is -0.338. The molecule has 5 rings (SSSR count). The summed E-state index contributed by atoms with van der Waals surface area (Å²) in [6, 6.07) is 5.31. The maximum absolute atomic E-state index is 13.5. The van der Waals surface area contributed by atoms with Gasteiger partial charge in [-0.1, -0.05) is 0 Å². The summed E-state index contributed by atoms with van der Waals surface area (Å²) in [7, 11) is 0. The molecule has 2 aliphatic heterocycles. The maximum Gasteiger partial charge on any atom is 0.239 e. The molecule has 0 saturated carbocycles. The van der Waals surface area contributed by atoms with Crippen LogP contribution in [0.25, 0.3) is 22.3 Å². The molecule has 0 bridgehead atoms. The van der Waals surface area contributed by atoms with Crippen LogP contribution in [-0.2, 0) is 14.2 Å². The molecule has 16 heteroatoms. The van der Waals surface area contributed by atoms with Crippen molar-refractivity contribution in [3.8, 4) is 40.1 Å². The second-order valence-corrected chi connectivity index (χ2v) is 9.80. The van der Waals surface area contributed by atoms with E-state index in [1.807, 2.05) is 0 Å². The van der Waals surface area contributed by atoms with E-state index >= 15 is 0 Å². The Bertz CT molecular complexity index is 1500. The van der Waals surface area contributed by atoms with E-state index in [1.165, 1.54) is 6.07 Å². The minimum Gasteiger partial charge on any atom is -0.508 e. The number of rotatable bonds is 6. The highest BCUT2D eigenvalue weighted by Crippen LogP contribution is 2.39. The normalized spacial score (nSPS) is 31.7. The SMILES string of the molecule is O=c1c(O[C@@H]2OC[C@@H](O[C@H]3O[C@@H](CO)[C@H](O)[C@@H](O)[C@@H]3O)[C@H](O)[C@@H]2O)c(-c2ccc(O)c(O)c2)oc2cc(O)cc(O)c12. The fourth-order valence-electron chi connectivity index (χ4n) is 4.69. The monoisotopic (exact) mass is 596 g/mol. The smallest absolute Gasteiger partial charge is 0.239 e. The Morgan fingerprint density at radius 2 is 1.52 bits per heavy atom. The second kappa shape index (κ2) is 11.5. The summed E-state index contributed by atoms with van der Waals surface area (Å²) in [5.74, 6) is -3.18. The zero-order chi connectivity index (χ0) is 30.5. The third-order valence-corrected chi connectivity index (χ3v) is 6.98. The number of fused-ring (bicyclic) bond motifs is 1. The summed E-state index contributed by atoms with van der Waals surface area (Å²) in [5.41, 5.74) is -1.26. The highest BCUT2D eigenvalue weighted by molar-refractivity contribution is 5.88. The van der Waals surface area contributed by atoms with Crippen molar-refractivity contribution >= 4 is 11.0 Å². The van der Waals surface area contributed by atoms with Gasteiger partial charge in [0.25, 0.3) is 0 Å². The Morgan fingerprint density at radius 1 is 0.810 bits per heavy atom. The van der Waals surface area contributed by atoms with Crippen LogP contribution in [0, 0.1) is 0 Å². The van der Waals surface area contributed by atoms with Gasteiger partial charge in [0.1, 0.15) is 65.2 Å². The highest BCUT2D eigenvalue weighted by atomic mass is 16.7. The molecule has 2 saturated heterocycles. The van der Waals surface area contributed by atoms with Crippen molar-refractivity contribution in [2.24, 2.45) is 0 Å². The van der Waals surface area contributed by atoms with E-state index in [4.69, 9.17) is 23.4 Å². The summed E-state index contributed by atoms with van der Waals surface area (Å²) in [6.45, 7) is -1.25. The van der Waals surface area contributed by atoms with Gasteiger partial charge in [0.15, 0.2) is 23.5 Å². The van der Waals surface area contributed by atoms with E-state index in [9.17, 15) is 55.9 Å². The summed E-state index contributed by atoms with van der Waals surface area (Å²) < 4.78 is 27.6. The van der Waals surface area contributed by atoms with Crippen molar-refractivity contribution < 1.29 is 74.4 Å². The molecule has 3 aromatic rings. The van der Waals surface area contributed by atoms with E-state index in [1.54, 1.807) is 0 Å². The van der Waals surface area contributed by atoms with E-state index in [0.29, 0.717) is 0 Å². The minimum atomic E-state index is -1.92. The first-order valence-corrected chi connectivity index (χ1v) is 12.6. The first-order valence-electron chi connectivity index (χ1n) is 12.6. The van der Waals surface area contributed by atoms with E-state index in [2.05, 4.69) is 0 Å². The van der Waals surface area contributed by atoms with Gasteiger partial charge >= 0.3 is 0 Å². The number of hydrogen-bond acceptors (Lipinski definition) is 16. The average molecular weight is 596 g/mol. The Hall–Kier alpha value is -3.71. The first kappa shape index (κ1) is 29.8. The van der Waals surface area contributed by atoms with Gasteiger partial charge in [-0.2, -0.15) is 0 Å². The molecule has 0 radical (unpaired) electrons. The summed E-state index contributed by atoms with van der Waals surface area (Å²) in [6.07, 6.45) is -15.0. The van der Waals surface area contributed by atoms with Crippen molar-refractivity contribution in [1.82, 2.24) is 0 Å². The second-order valence-electron chi connectivity index (χ2n) is 9.80. The first-order chi connectivity index (χ1) is 19.9. The van der Waals surface area contributed by atoms with Gasteiger partial charge in [-0.25, -0.2) is 0 Å². The van der Waals surface area contributed by atoms with Crippen LogP contribution in [0.3, 0.4) is 0 Å². The Labute approximate surface area is 235 Å². The molecule has 2 aliphatic rings. The zero-order valence-electron chi connectivity index (χ0n) is 21.4. The molecule has 0 unspecified atom stereocenters. The van der Waals surface area contributed by atoms with Gasteiger partial charge in [0.2, 0.25) is 17.5 Å². The molecule has 10 N–H and O–H groups in total. The molecule has 9 atom stereocenters. The van der Waals surface area contributed by atoms with E-state index in [0.717, 1.165) is 24.3 Å². The predicted molar refractivity (Wildman–Crippen MR) is 136 cm³/mol. The Morgan fingerprint density at radius 3 is 2.21 bits per heavy atom. The fourth-order valence-corrected chi connectivity index (χ4v) is 4.69. The number of phenols is 4. The van der Waals surface area contributed by atoms with Crippen molar-refractivity contribution in [1.29, 1.82) is 0 Å². The number of phenolic OH excluding ortho intramolecular Hbond substituents is 4. The van der Waals surface area contributed by atoms with Gasteiger partial charge in [0, 0.05) is 17.7 Å².